The molecule has 0 spiro atoms. The number of fused-ring (bicyclic) bond motifs is 4. The Bertz CT molecular complexity index is 5250. The molecule has 678 valence electrons. The normalized spacial score (nSPS) is 27.9. The molecule has 6 saturated heterocycles. The van der Waals surface area contributed by atoms with Crippen LogP contribution < -0.4 is 16.0 Å². The highest BCUT2D eigenvalue weighted by Gasteiger charge is 2.60. The Kier molecular flexibility index (Phi) is 31.7. The van der Waals surface area contributed by atoms with Gasteiger partial charge in [0.2, 0.25) is 17.7 Å². The van der Waals surface area contributed by atoms with Crippen LogP contribution in [0.3, 0.4) is 0 Å². The number of carbonyl (C=O) groups excluding carboxylic acids is 5. The van der Waals surface area contributed by atoms with Crippen LogP contribution in [0.1, 0.15) is 111 Å². The molecule has 10 aromatic rings. The summed E-state index contributed by atoms with van der Waals surface area (Å²) in [5, 5.41) is 13.3. The third-order valence-corrected chi connectivity index (χ3v) is 23.7. The summed E-state index contributed by atoms with van der Waals surface area (Å²) in [7, 11) is 0. The number of nitrogens with one attached hydrogen (secondary N) is 3. The van der Waals surface area contributed by atoms with Gasteiger partial charge in [0.1, 0.15) is 91.9 Å². The third-order valence-electron chi connectivity index (χ3n) is 23.7. The molecule has 22 atom stereocenters. The summed E-state index contributed by atoms with van der Waals surface area (Å²) in [5.41, 5.74) is 6.59. The summed E-state index contributed by atoms with van der Waals surface area (Å²) < 4.78 is 126. The minimum atomic E-state index is -1.60. The van der Waals surface area contributed by atoms with Crippen LogP contribution in [0.5, 0.6) is 0 Å². The van der Waals surface area contributed by atoms with E-state index in [1.165, 1.54) is 27.7 Å². The first-order valence-electron chi connectivity index (χ1n) is 44.3. The number of hydrogen-bond acceptors (Lipinski definition) is 23. The van der Waals surface area contributed by atoms with E-state index in [0.29, 0.717) is 37.9 Å². The lowest BCUT2D eigenvalue weighted by Crippen LogP contribution is -2.73. The summed E-state index contributed by atoms with van der Waals surface area (Å²) in [6, 6.07) is 81.8. The molecule has 129 heavy (non-hydrogen) atoms. The van der Waals surface area contributed by atoms with Crippen molar-refractivity contribution in [1.82, 2.24) is 20.9 Å². The number of carbonyl (C=O) groups is 5. The summed E-state index contributed by atoms with van der Waals surface area (Å²) >= 11 is 0. The van der Waals surface area contributed by atoms with Crippen LogP contribution in [-0.2, 0) is 144 Å². The Morgan fingerprint density at radius 1 is 0.372 bits per heavy atom. The second kappa shape index (κ2) is 44.7. The van der Waals surface area contributed by atoms with Gasteiger partial charge in [-0.2, -0.15) is 0 Å². The quantitative estimate of drug-likeness (QED) is 0.0243. The molecule has 27 heteroatoms. The number of amides is 4. The number of nitrogens with zero attached hydrogens (tertiary/aromatic N) is 1. The van der Waals surface area contributed by atoms with Gasteiger partial charge in [0.15, 0.2) is 43.8 Å². The number of unbranched alkanes of at least 4 members (excludes halogenated alkanes) is 2. The van der Waals surface area contributed by atoms with Crippen molar-refractivity contribution in [2.24, 2.45) is 0 Å². The van der Waals surface area contributed by atoms with Crippen molar-refractivity contribution in [3.63, 3.8) is 0 Å². The molecule has 0 aromatic heterocycles. The van der Waals surface area contributed by atoms with Gasteiger partial charge in [-0.25, -0.2) is 4.79 Å². The van der Waals surface area contributed by atoms with Gasteiger partial charge < -0.3 is 106 Å². The van der Waals surface area contributed by atoms with Gasteiger partial charge in [0.05, 0.1) is 52.4 Å². The predicted octanol–water partition coefficient (Wildman–Crippen LogP) is 14.0. The first-order valence-corrected chi connectivity index (χ1v) is 44.3. The lowest BCUT2D eigenvalue weighted by molar-refractivity contribution is -0.394. The van der Waals surface area contributed by atoms with Gasteiger partial charge in [0.25, 0.3) is 0 Å². The average molecular weight is 1760 g/mol. The van der Waals surface area contributed by atoms with Crippen LogP contribution in [0, 0.1) is 0 Å². The Balaban J connectivity index is 0.754. The van der Waals surface area contributed by atoms with Crippen LogP contribution in [0.15, 0.2) is 267 Å². The fraction of sp³-hybridized carbons (Fsp3) is 0.402. The summed E-state index contributed by atoms with van der Waals surface area (Å²) in [5.74, 6) is -2.32. The topological polar surface area (TPSA) is 291 Å². The zero-order valence-corrected chi connectivity index (χ0v) is 72.8. The first-order chi connectivity index (χ1) is 63.0. The van der Waals surface area contributed by atoms with E-state index >= 15 is 0 Å². The summed E-state index contributed by atoms with van der Waals surface area (Å²) in [4.78, 5) is 72.1. The highest BCUT2D eigenvalue weighted by atomic mass is 16.8. The highest BCUT2D eigenvalue weighted by molar-refractivity contribution is 5.84. The van der Waals surface area contributed by atoms with Gasteiger partial charge >= 0.3 is 12.1 Å². The zero-order valence-electron chi connectivity index (χ0n) is 72.8. The molecule has 0 bridgehead atoms. The number of ether oxygens (including phenoxy) is 18. The molecule has 6 aliphatic heterocycles. The summed E-state index contributed by atoms with van der Waals surface area (Å²) in [6.45, 7) is 7.95. The minimum absolute atomic E-state index is 0.0120. The Hall–Kier alpha value is -10.8. The second-order valence-electron chi connectivity index (χ2n) is 33.3. The molecule has 6 fully saturated rings. The maximum absolute atomic E-state index is 14.6. The zero-order chi connectivity index (χ0) is 89.0. The van der Waals surface area contributed by atoms with E-state index in [9.17, 15) is 24.0 Å². The van der Waals surface area contributed by atoms with Crippen molar-refractivity contribution in [1.29, 1.82) is 0 Å². The van der Waals surface area contributed by atoms with Gasteiger partial charge in [-0.15, -0.1) is 0 Å². The van der Waals surface area contributed by atoms with Gasteiger partial charge in [-0.3, -0.25) is 19.2 Å². The average Bonchev–Trinajstić information content (AvgIpc) is 0.748. The Morgan fingerprint density at radius 3 is 1.34 bits per heavy atom. The van der Waals surface area contributed by atoms with Crippen molar-refractivity contribution in [3.8, 4) is 0 Å². The number of esters is 1. The molecular weight excluding hydrogens is 1650 g/mol. The van der Waals surface area contributed by atoms with Crippen molar-refractivity contribution in [3.05, 3.63) is 311 Å². The van der Waals surface area contributed by atoms with Crippen molar-refractivity contribution in [2.45, 2.75) is 229 Å². The standard InChI is InChI=1S/C102H112N4O23/c1-64-87(121-68(5)110)92(128-99-84(103-65(2)107)91(114-57-71-35-17-8-18-36-71)88-82(122-99)62-117-96(125-88)77-41-21-10-22-42-77)85(104-66(3)108)98(120-64)129-93-86(105-67(4)109)100(123-83-63-118-97(126-89(83)93)78-43-23-11-24-44-78)127-90-81(61-112-56-70-33-15-7-16-34-70)124-101(113-52-30-12-29-51-106(55-69-31-13-6-14-32-69)102(111)119-58-72-37-19-9-20-38-72)95(116-60-74-48-50-76-40-26-28-46-80(76)54-74)94(90)115-59-73-47-49-75-39-25-27-45-79(75)53-73/h6-11,13-28,31-50,53-54,64,81-101H,12,29-30,51-52,55-63H2,1-5H3,(H,103,107)(H,104,108)(H,105,109)/t64-,81+,82+,83+,84-,85-,86+,87+,88+,89-,90-,91+,92-,93+,94-,95+,96+,97-,98-,99-,100+,101-/m0/s1. The second-order valence-corrected chi connectivity index (χ2v) is 33.3. The van der Waals surface area contributed by atoms with Crippen LogP contribution in [0.25, 0.3) is 21.5 Å². The maximum Gasteiger partial charge on any atom is 0.410 e. The van der Waals surface area contributed by atoms with Gasteiger partial charge in [-0.05, 0) is 93.2 Å². The fourth-order valence-electron chi connectivity index (χ4n) is 17.5. The largest absolute Gasteiger partial charge is 0.457 e. The van der Waals surface area contributed by atoms with Crippen LogP contribution in [0.2, 0.25) is 0 Å². The van der Waals surface area contributed by atoms with E-state index in [2.05, 4.69) is 28.1 Å². The van der Waals surface area contributed by atoms with E-state index in [1.54, 1.807) is 11.8 Å². The number of benzene rings is 10. The van der Waals surface area contributed by atoms with Gasteiger partial charge in [-0.1, -0.05) is 255 Å². The van der Waals surface area contributed by atoms with E-state index < -0.39 is 165 Å². The van der Waals surface area contributed by atoms with Crippen molar-refractivity contribution in [2.75, 3.05) is 33.0 Å². The molecule has 27 nitrogen and oxygen atoms in total. The SMILES string of the molecule is CC(=O)N[C@@H]1[C@H](O[C@H]2[C@H](NC(C)=O)[C@H](O[C@@H]3[C@@H](NC(C)=O)[C@@H](O[C@@H]4[C@H](OCc5ccc6ccccc6c5)[C@@H](OCc5ccc6ccccc6c5)[C@@H](OCCCCCN(Cc5ccccc5)C(=O)OCc5ccccc5)O[C@@H]4COCc4ccccc4)O[C@@H]4CO[C@H](c5ccccc5)O[C@H]34)O[C@@H](C)[C@H]2OC(C)=O)O[C@@H]2CO[C@@H](c3ccccc3)O[C@H]2[C@@H]1OCc1ccccc1. The monoisotopic (exact) mass is 1760 g/mol. The molecule has 4 amide bonds. The number of hydrogen-bond donors (Lipinski definition) is 3. The molecule has 6 aliphatic rings. The van der Waals surface area contributed by atoms with Crippen molar-refractivity contribution >= 4 is 51.3 Å². The Labute approximate surface area is 750 Å². The van der Waals surface area contributed by atoms with Crippen LogP contribution in [-0.4, -0.2) is 190 Å². The fourth-order valence-corrected chi connectivity index (χ4v) is 17.5. The molecule has 6 heterocycles. The Morgan fingerprint density at radius 2 is 0.806 bits per heavy atom. The number of rotatable bonds is 36. The van der Waals surface area contributed by atoms with Crippen LogP contribution >= 0.6 is 0 Å². The molecule has 16 rings (SSSR count). The van der Waals surface area contributed by atoms with E-state index in [-0.39, 0.29) is 59.5 Å². The first kappa shape index (κ1) is 91.5. The molecule has 0 saturated carbocycles. The third kappa shape index (κ3) is 24.1. The summed E-state index contributed by atoms with van der Waals surface area (Å²) in [6.07, 6.45) is -21.2. The van der Waals surface area contributed by atoms with E-state index in [0.717, 1.165) is 60.5 Å². The molecule has 0 aliphatic carbocycles. The van der Waals surface area contributed by atoms with Crippen molar-refractivity contribution < 1.29 is 109 Å². The molecule has 10 aromatic carbocycles. The lowest BCUT2D eigenvalue weighted by Gasteiger charge is -2.54. The molecular formula is C102H112N4O23. The molecule has 0 unspecified atom stereocenters. The molecule has 0 radical (unpaired) electrons. The minimum Gasteiger partial charge on any atom is -0.457 e. The molecule has 3 N–H and O–H groups in total. The predicted molar refractivity (Wildman–Crippen MR) is 473 cm³/mol. The lowest BCUT2D eigenvalue weighted by atomic mass is 9.92. The van der Waals surface area contributed by atoms with E-state index in [4.69, 9.17) is 85.3 Å². The smallest absolute Gasteiger partial charge is 0.410 e. The van der Waals surface area contributed by atoms with Gasteiger partial charge in [0, 0.05) is 58.5 Å². The van der Waals surface area contributed by atoms with E-state index in [1.807, 2.05) is 255 Å². The highest BCUT2D eigenvalue weighted by Crippen LogP contribution is 2.43. The van der Waals surface area contributed by atoms with Crippen LogP contribution in [0.4, 0.5) is 4.79 Å². The maximum atomic E-state index is 14.6.